The van der Waals surface area contributed by atoms with Crippen molar-refractivity contribution in [2.45, 2.75) is 19.8 Å². The number of hydrogen-bond acceptors (Lipinski definition) is 1. The van der Waals surface area contributed by atoms with Crippen molar-refractivity contribution in [3.8, 4) is 0 Å². The van der Waals surface area contributed by atoms with E-state index in [1.807, 2.05) is 0 Å². The second kappa shape index (κ2) is 3.74. The van der Waals surface area contributed by atoms with Gasteiger partial charge in [-0.1, -0.05) is 6.07 Å². The Labute approximate surface area is 80.2 Å². The molecular weight excluding hydrogens is 190 g/mol. The highest BCUT2D eigenvalue weighted by Crippen LogP contribution is 2.23. The average molecular weight is 200 g/mol. The molecule has 14 heavy (non-hydrogen) atoms. The SMILES string of the molecule is Cc1c(F)ccc(C(C)C(=O)O)c1F. The zero-order chi connectivity index (χ0) is 10.9. The zero-order valence-corrected chi connectivity index (χ0v) is 7.84. The highest BCUT2D eigenvalue weighted by atomic mass is 19.1. The van der Waals surface area contributed by atoms with Gasteiger partial charge in [-0.15, -0.1) is 0 Å². The number of carboxylic acid groups (broad SMARTS) is 1. The van der Waals surface area contributed by atoms with Crippen LogP contribution in [0.25, 0.3) is 0 Å². The third-order valence-electron chi connectivity index (χ3n) is 2.19. The first-order chi connectivity index (χ1) is 6.45. The van der Waals surface area contributed by atoms with Gasteiger partial charge in [0.2, 0.25) is 0 Å². The topological polar surface area (TPSA) is 37.3 Å². The Hall–Kier alpha value is -1.45. The second-order valence-electron chi connectivity index (χ2n) is 3.14. The maximum absolute atomic E-state index is 13.4. The standard InChI is InChI=1S/C10H10F2O2/c1-5(10(13)14)7-3-4-8(11)6(2)9(7)12/h3-5H,1-2H3,(H,13,14). The molecule has 0 saturated heterocycles. The van der Waals surface area contributed by atoms with Crippen molar-refractivity contribution in [2.24, 2.45) is 0 Å². The summed E-state index contributed by atoms with van der Waals surface area (Å²) in [4.78, 5) is 10.6. The van der Waals surface area contributed by atoms with E-state index in [9.17, 15) is 13.6 Å². The Kier molecular flexibility index (Phi) is 2.84. The molecule has 0 aliphatic heterocycles. The molecule has 76 valence electrons. The van der Waals surface area contributed by atoms with Crippen molar-refractivity contribution in [3.63, 3.8) is 0 Å². The fourth-order valence-corrected chi connectivity index (χ4v) is 1.15. The highest BCUT2D eigenvalue weighted by molar-refractivity contribution is 5.75. The molecule has 0 aliphatic carbocycles. The number of halogens is 2. The van der Waals surface area contributed by atoms with Gasteiger partial charge < -0.3 is 5.11 Å². The van der Waals surface area contributed by atoms with E-state index in [0.29, 0.717) is 0 Å². The van der Waals surface area contributed by atoms with Gasteiger partial charge >= 0.3 is 5.97 Å². The molecule has 0 bridgehead atoms. The summed E-state index contributed by atoms with van der Waals surface area (Å²) in [5, 5.41) is 8.66. The minimum atomic E-state index is -1.13. The van der Waals surface area contributed by atoms with Crippen LogP contribution in [0.15, 0.2) is 12.1 Å². The van der Waals surface area contributed by atoms with Gasteiger partial charge in [-0.05, 0) is 19.9 Å². The van der Waals surface area contributed by atoms with E-state index >= 15 is 0 Å². The molecule has 0 aromatic heterocycles. The number of rotatable bonds is 2. The minimum Gasteiger partial charge on any atom is -0.481 e. The summed E-state index contributed by atoms with van der Waals surface area (Å²) in [5.41, 5.74) is -0.132. The van der Waals surface area contributed by atoms with E-state index in [1.165, 1.54) is 13.8 Å². The second-order valence-corrected chi connectivity index (χ2v) is 3.14. The van der Waals surface area contributed by atoms with Gasteiger partial charge in [0.1, 0.15) is 11.6 Å². The molecule has 0 fully saturated rings. The lowest BCUT2D eigenvalue weighted by Gasteiger charge is -2.09. The van der Waals surface area contributed by atoms with Crippen molar-refractivity contribution in [1.29, 1.82) is 0 Å². The van der Waals surface area contributed by atoms with Gasteiger partial charge in [0.15, 0.2) is 0 Å². The quantitative estimate of drug-likeness (QED) is 0.796. The lowest BCUT2D eigenvalue weighted by molar-refractivity contribution is -0.138. The number of hydrogen-bond donors (Lipinski definition) is 1. The lowest BCUT2D eigenvalue weighted by Crippen LogP contribution is -2.10. The molecular formula is C10H10F2O2. The number of benzene rings is 1. The first-order valence-corrected chi connectivity index (χ1v) is 4.12. The molecule has 1 aromatic carbocycles. The van der Waals surface area contributed by atoms with Crippen LogP contribution in [0.3, 0.4) is 0 Å². The summed E-state index contributed by atoms with van der Waals surface area (Å²) >= 11 is 0. The molecule has 0 amide bonds. The third kappa shape index (κ3) is 1.73. The van der Waals surface area contributed by atoms with E-state index in [2.05, 4.69) is 0 Å². The molecule has 4 heteroatoms. The molecule has 1 rings (SSSR count). The Balaban J connectivity index is 3.24. The summed E-state index contributed by atoms with van der Waals surface area (Å²) in [7, 11) is 0. The average Bonchev–Trinajstić information content (AvgIpc) is 2.13. The first-order valence-electron chi connectivity index (χ1n) is 4.12. The lowest BCUT2D eigenvalue weighted by atomic mass is 9.98. The van der Waals surface area contributed by atoms with E-state index in [1.54, 1.807) is 0 Å². The molecule has 0 heterocycles. The smallest absolute Gasteiger partial charge is 0.310 e. The van der Waals surface area contributed by atoms with Gasteiger partial charge in [0.25, 0.3) is 0 Å². The summed E-state index contributed by atoms with van der Waals surface area (Å²) in [6.07, 6.45) is 0. The molecule has 0 aliphatic rings. The summed E-state index contributed by atoms with van der Waals surface area (Å²) in [6, 6.07) is 2.24. The predicted octanol–water partition coefficient (Wildman–Crippen LogP) is 2.46. The van der Waals surface area contributed by atoms with Crippen molar-refractivity contribution < 1.29 is 18.7 Å². The maximum atomic E-state index is 13.4. The predicted molar refractivity (Wildman–Crippen MR) is 47.1 cm³/mol. The van der Waals surface area contributed by atoms with Crippen LogP contribution in [0.4, 0.5) is 8.78 Å². The monoisotopic (exact) mass is 200 g/mol. The largest absolute Gasteiger partial charge is 0.481 e. The van der Waals surface area contributed by atoms with E-state index < -0.39 is 23.5 Å². The van der Waals surface area contributed by atoms with Gasteiger partial charge in [-0.25, -0.2) is 8.78 Å². The Morgan fingerprint density at radius 1 is 1.43 bits per heavy atom. The van der Waals surface area contributed by atoms with E-state index in [-0.39, 0.29) is 11.1 Å². The van der Waals surface area contributed by atoms with Gasteiger partial charge in [-0.2, -0.15) is 0 Å². The Morgan fingerprint density at radius 2 is 2.00 bits per heavy atom. The van der Waals surface area contributed by atoms with Crippen LogP contribution in [-0.2, 0) is 4.79 Å². The fourth-order valence-electron chi connectivity index (χ4n) is 1.15. The van der Waals surface area contributed by atoms with Gasteiger partial charge in [0, 0.05) is 11.1 Å². The Bertz CT molecular complexity index is 375. The highest BCUT2D eigenvalue weighted by Gasteiger charge is 2.20. The van der Waals surface area contributed by atoms with Crippen molar-refractivity contribution in [2.75, 3.05) is 0 Å². The maximum Gasteiger partial charge on any atom is 0.310 e. The molecule has 2 nitrogen and oxygen atoms in total. The molecule has 1 aromatic rings. The molecule has 0 spiro atoms. The van der Waals surface area contributed by atoms with Gasteiger partial charge in [0.05, 0.1) is 5.92 Å². The van der Waals surface area contributed by atoms with Crippen LogP contribution in [0.5, 0.6) is 0 Å². The number of aliphatic carboxylic acids is 1. The molecule has 1 unspecified atom stereocenters. The van der Waals surface area contributed by atoms with Crippen molar-refractivity contribution in [3.05, 3.63) is 34.9 Å². The number of carbonyl (C=O) groups is 1. The molecule has 0 radical (unpaired) electrons. The summed E-state index contributed by atoms with van der Waals surface area (Å²) in [5.74, 6) is -3.53. The Morgan fingerprint density at radius 3 is 2.50 bits per heavy atom. The normalized spacial score (nSPS) is 12.6. The zero-order valence-electron chi connectivity index (χ0n) is 7.84. The van der Waals surface area contributed by atoms with Crippen molar-refractivity contribution in [1.82, 2.24) is 0 Å². The number of carboxylic acids is 1. The summed E-state index contributed by atoms with van der Waals surface area (Å²) in [6.45, 7) is 2.64. The third-order valence-corrected chi connectivity index (χ3v) is 2.19. The van der Waals surface area contributed by atoms with E-state index in [0.717, 1.165) is 12.1 Å². The van der Waals surface area contributed by atoms with Gasteiger partial charge in [-0.3, -0.25) is 4.79 Å². The molecule has 1 N–H and O–H groups in total. The molecule has 0 saturated carbocycles. The minimum absolute atomic E-state index is 0.0106. The van der Waals surface area contributed by atoms with Crippen molar-refractivity contribution >= 4 is 5.97 Å². The van der Waals surface area contributed by atoms with Crippen LogP contribution in [0.1, 0.15) is 24.0 Å². The summed E-state index contributed by atoms with van der Waals surface area (Å²) < 4.78 is 26.2. The van der Waals surface area contributed by atoms with Crippen LogP contribution in [-0.4, -0.2) is 11.1 Å². The van der Waals surface area contributed by atoms with Crippen LogP contribution < -0.4 is 0 Å². The van der Waals surface area contributed by atoms with Crippen LogP contribution in [0, 0.1) is 18.6 Å². The molecule has 1 atom stereocenters. The fraction of sp³-hybridized carbons (Fsp3) is 0.300. The van der Waals surface area contributed by atoms with E-state index in [4.69, 9.17) is 5.11 Å². The van der Waals surface area contributed by atoms with Crippen LogP contribution in [0.2, 0.25) is 0 Å². The van der Waals surface area contributed by atoms with Crippen LogP contribution >= 0.6 is 0 Å². The first kappa shape index (κ1) is 10.6.